The fraction of sp³-hybridized carbons (Fsp3) is 0.250. The zero-order valence-corrected chi connectivity index (χ0v) is 17.7. The van der Waals surface area contributed by atoms with Crippen molar-refractivity contribution in [2.45, 2.75) is 23.4 Å². The number of phenolic OH excluding ortho intramolecular Hbond substituents is 1. The smallest absolute Gasteiger partial charge is 0.321 e. The normalized spacial score (nSPS) is 15.2. The van der Waals surface area contributed by atoms with E-state index in [1.807, 2.05) is 0 Å². The lowest BCUT2D eigenvalue weighted by Gasteiger charge is -2.37. The Balaban J connectivity index is 2.14. The van der Waals surface area contributed by atoms with Crippen molar-refractivity contribution in [3.8, 4) is 5.75 Å². The van der Waals surface area contributed by atoms with Crippen LogP contribution < -0.4 is 5.73 Å². The molecular weight excluding hydrogens is 447 g/mol. The average molecular weight is 467 g/mol. The molecule has 1 aromatic heterocycles. The highest BCUT2D eigenvalue weighted by molar-refractivity contribution is 7.99. The number of thioether (sulfide) groups is 1. The Labute approximate surface area is 186 Å². The number of carbonyl (C=O) groups is 1. The molecule has 0 aliphatic heterocycles. The SMILES string of the molecule is N[C@@H](CSC(c1cc(O)ccc1Cl)C(O)(Cn1cncn1)c1ccc(F)cc1)C(=O)O. The van der Waals surface area contributed by atoms with Crippen molar-refractivity contribution in [2.75, 3.05) is 5.75 Å². The molecule has 3 aromatic rings. The second-order valence-corrected chi connectivity index (χ2v) is 8.43. The highest BCUT2D eigenvalue weighted by Crippen LogP contribution is 2.48. The number of carboxylic acid groups (broad SMARTS) is 1. The van der Waals surface area contributed by atoms with Crippen molar-refractivity contribution in [3.63, 3.8) is 0 Å². The van der Waals surface area contributed by atoms with Crippen LogP contribution in [0.3, 0.4) is 0 Å². The van der Waals surface area contributed by atoms with E-state index in [1.54, 1.807) is 0 Å². The summed E-state index contributed by atoms with van der Waals surface area (Å²) < 4.78 is 15.0. The quantitative estimate of drug-likeness (QED) is 0.378. The summed E-state index contributed by atoms with van der Waals surface area (Å²) in [5.41, 5.74) is 4.63. The lowest BCUT2D eigenvalue weighted by molar-refractivity contribution is -0.137. The van der Waals surface area contributed by atoms with Gasteiger partial charge in [-0.05, 0) is 41.5 Å². The van der Waals surface area contributed by atoms with Gasteiger partial charge in [-0.2, -0.15) is 5.10 Å². The summed E-state index contributed by atoms with van der Waals surface area (Å²) in [5, 5.41) is 34.6. The van der Waals surface area contributed by atoms with Gasteiger partial charge in [-0.3, -0.25) is 4.79 Å². The summed E-state index contributed by atoms with van der Waals surface area (Å²) in [6, 6.07) is 8.31. The summed E-state index contributed by atoms with van der Waals surface area (Å²) in [6.45, 7) is -0.107. The molecule has 3 rings (SSSR count). The molecule has 1 heterocycles. The van der Waals surface area contributed by atoms with Crippen LogP contribution in [0.4, 0.5) is 4.39 Å². The van der Waals surface area contributed by atoms with Crippen LogP contribution in [-0.4, -0.2) is 47.8 Å². The fourth-order valence-electron chi connectivity index (χ4n) is 3.11. The maximum absolute atomic E-state index is 13.6. The predicted molar refractivity (Wildman–Crippen MR) is 114 cm³/mol. The van der Waals surface area contributed by atoms with Gasteiger partial charge in [0.15, 0.2) is 0 Å². The van der Waals surface area contributed by atoms with E-state index >= 15 is 0 Å². The second kappa shape index (κ2) is 9.65. The van der Waals surface area contributed by atoms with E-state index in [4.69, 9.17) is 17.3 Å². The van der Waals surface area contributed by atoms with E-state index < -0.39 is 28.7 Å². The lowest BCUT2D eigenvalue weighted by Crippen LogP contribution is -2.39. The Morgan fingerprint density at radius 3 is 2.61 bits per heavy atom. The molecule has 3 atom stereocenters. The minimum absolute atomic E-state index is 0.0627. The molecule has 0 aliphatic carbocycles. The van der Waals surface area contributed by atoms with Crippen LogP contribution in [0.2, 0.25) is 5.02 Å². The van der Waals surface area contributed by atoms with E-state index in [9.17, 15) is 24.5 Å². The van der Waals surface area contributed by atoms with E-state index in [0.717, 1.165) is 11.8 Å². The van der Waals surface area contributed by atoms with Gasteiger partial charge in [0.2, 0.25) is 0 Å². The van der Waals surface area contributed by atoms with Crippen molar-refractivity contribution in [1.29, 1.82) is 0 Å². The third-order valence-corrected chi connectivity index (χ3v) is 6.54. The number of hydrogen-bond acceptors (Lipinski definition) is 7. The van der Waals surface area contributed by atoms with Crippen LogP contribution in [0.15, 0.2) is 55.1 Å². The maximum Gasteiger partial charge on any atom is 0.321 e. The van der Waals surface area contributed by atoms with Crippen LogP contribution in [0.5, 0.6) is 5.75 Å². The van der Waals surface area contributed by atoms with Gasteiger partial charge in [-0.1, -0.05) is 23.7 Å². The first-order valence-corrected chi connectivity index (χ1v) is 10.5. The molecule has 0 aliphatic rings. The number of benzene rings is 2. The van der Waals surface area contributed by atoms with Crippen molar-refractivity contribution >= 4 is 29.3 Å². The molecule has 5 N–H and O–H groups in total. The Morgan fingerprint density at radius 2 is 2.00 bits per heavy atom. The van der Waals surface area contributed by atoms with Gasteiger partial charge in [0.1, 0.15) is 35.9 Å². The molecule has 11 heteroatoms. The van der Waals surface area contributed by atoms with Gasteiger partial charge < -0.3 is 21.1 Å². The maximum atomic E-state index is 13.6. The van der Waals surface area contributed by atoms with E-state index in [-0.39, 0.29) is 23.1 Å². The fourth-order valence-corrected chi connectivity index (χ4v) is 4.81. The van der Waals surface area contributed by atoms with E-state index in [0.29, 0.717) is 11.1 Å². The van der Waals surface area contributed by atoms with E-state index in [2.05, 4.69) is 10.1 Å². The van der Waals surface area contributed by atoms with Gasteiger partial charge in [0.05, 0.1) is 11.8 Å². The molecule has 164 valence electrons. The van der Waals surface area contributed by atoms with Gasteiger partial charge in [-0.25, -0.2) is 14.1 Å². The summed E-state index contributed by atoms with van der Waals surface area (Å²) >= 11 is 7.45. The van der Waals surface area contributed by atoms with Crippen molar-refractivity contribution < 1.29 is 24.5 Å². The molecule has 0 radical (unpaired) electrons. The zero-order chi connectivity index (χ0) is 22.6. The number of aliphatic hydroxyl groups is 1. The Bertz CT molecular complexity index is 1040. The third kappa shape index (κ3) is 5.34. The molecule has 0 saturated heterocycles. The number of aromatic hydroxyl groups is 1. The zero-order valence-electron chi connectivity index (χ0n) is 16.1. The number of nitrogens with zero attached hydrogens (tertiary/aromatic N) is 3. The molecule has 2 unspecified atom stereocenters. The highest BCUT2D eigenvalue weighted by Gasteiger charge is 2.42. The minimum Gasteiger partial charge on any atom is -0.508 e. The Morgan fingerprint density at radius 1 is 1.29 bits per heavy atom. The molecule has 0 bridgehead atoms. The summed E-state index contributed by atoms with van der Waals surface area (Å²) in [6.07, 6.45) is 2.71. The molecular formula is C20H20ClFN4O4S. The van der Waals surface area contributed by atoms with Crippen molar-refractivity contribution in [1.82, 2.24) is 14.8 Å². The Hall–Kier alpha value is -2.66. The number of aromatic nitrogens is 3. The number of rotatable bonds is 9. The van der Waals surface area contributed by atoms with Crippen molar-refractivity contribution in [3.05, 3.63) is 77.1 Å². The number of nitrogens with two attached hydrogens (primary N) is 1. The predicted octanol–water partition coefficient (Wildman–Crippen LogP) is 2.55. The molecule has 31 heavy (non-hydrogen) atoms. The average Bonchev–Trinajstić information content (AvgIpc) is 3.23. The number of aliphatic carboxylic acids is 1. The molecule has 8 nitrogen and oxygen atoms in total. The van der Waals surface area contributed by atoms with Crippen LogP contribution in [0.25, 0.3) is 0 Å². The summed E-state index contributed by atoms with van der Waals surface area (Å²) in [7, 11) is 0. The topological polar surface area (TPSA) is 134 Å². The van der Waals surface area contributed by atoms with Crippen LogP contribution in [0, 0.1) is 5.82 Å². The minimum atomic E-state index is -1.75. The standard InChI is InChI=1S/C20H20ClFN4O4S/c21-16-6-5-14(27)7-15(16)18(31-8-17(23)19(28)29)20(30,9-26-11-24-10-25-26)12-1-3-13(22)4-2-12/h1-7,10-11,17-18,27,30H,8-9,23H2,(H,28,29)/t17-,18?,20?/m0/s1. The van der Waals surface area contributed by atoms with Crippen LogP contribution >= 0.6 is 23.4 Å². The second-order valence-electron chi connectivity index (χ2n) is 6.89. The van der Waals surface area contributed by atoms with Crippen LogP contribution in [-0.2, 0) is 16.9 Å². The summed E-state index contributed by atoms with van der Waals surface area (Å²) in [4.78, 5) is 15.1. The molecule has 0 spiro atoms. The summed E-state index contributed by atoms with van der Waals surface area (Å²) in [5.74, 6) is -1.84. The van der Waals surface area contributed by atoms with Gasteiger partial charge in [0.25, 0.3) is 0 Å². The largest absolute Gasteiger partial charge is 0.508 e. The number of hydrogen-bond donors (Lipinski definition) is 4. The number of halogens is 2. The van der Waals surface area contributed by atoms with Crippen LogP contribution in [0.1, 0.15) is 16.4 Å². The molecule has 0 amide bonds. The number of phenols is 1. The molecule has 0 saturated carbocycles. The van der Waals surface area contributed by atoms with Crippen molar-refractivity contribution in [2.24, 2.45) is 5.73 Å². The lowest BCUT2D eigenvalue weighted by atomic mass is 9.86. The molecule has 2 aromatic carbocycles. The first-order valence-electron chi connectivity index (χ1n) is 9.10. The third-order valence-electron chi connectivity index (χ3n) is 4.67. The number of carboxylic acids is 1. The monoisotopic (exact) mass is 466 g/mol. The van der Waals surface area contributed by atoms with Gasteiger partial charge >= 0.3 is 5.97 Å². The highest BCUT2D eigenvalue weighted by atomic mass is 35.5. The molecule has 0 fully saturated rings. The first-order chi connectivity index (χ1) is 14.7. The van der Waals surface area contributed by atoms with Gasteiger partial charge in [-0.15, -0.1) is 11.8 Å². The van der Waals surface area contributed by atoms with E-state index in [1.165, 1.54) is 59.8 Å². The van der Waals surface area contributed by atoms with Gasteiger partial charge in [0, 0.05) is 10.8 Å². The Kier molecular flexibility index (Phi) is 7.16. The first kappa shape index (κ1) is 23.0.